The topological polar surface area (TPSA) is 47.8 Å². The zero-order valence-electron chi connectivity index (χ0n) is 13.0. The number of Topliss-reactive ketones (excluding diaryl/α,β-unsaturated/α-hetero) is 1. The van der Waals surface area contributed by atoms with Gasteiger partial charge in [0.05, 0.1) is 5.25 Å². The fourth-order valence-electron chi connectivity index (χ4n) is 2.57. The van der Waals surface area contributed by atoms with Crippen LogP contribution in [0.2, 0.25) is 0 Å². The van der Waals surface area contributed by atoms with Gasteiger partial charge in [0.15, 0.2) is 10.9 Å². The highest BCUT2D eigenvalue weighted by atomic mass is 32.2. The second-order valence-corrected chi connectivity index (χ2v) is 6.75. The van der Waals surface area contributed by atoms with Gasteiger partial charge in [0.1, 0.15) is 6.33 Å². The van der Waals surface area contributed by atoms with E-state index in [0.29, 0.717) is 6.42 Å². The monoisotopic (exact) mass is 325 g/mol. The van der Waals surface area contributed by atoms with Gasteiger partial charge in [0.2, 0.25) is 0 Å². The Morgan fingerprint density at radius 2 is 2.17 bits per heavy atom. The van der Waals surface area contributed by atoms with Crippen molar-refractivity contribution in [2.45, 2.75) is 23.2 Å². The average molecular weight is 325 g/mol. The summed E-state index contributed by atoms with van der Waals surface area (Å²) in [6, 6.07) is 10.1. The number of nitrogens with zero attached hydrogens (tertiary/aromatic N) is 3. The van der Waals surface area contributed by atoms with Crippen LogP contribution in [0.5, 0.6) is 0 Å². The summed E-state index contributed by atoms with van der Waals surface area (Å²) in [6.45, 7) is 0. The first kappa shape index (κ1) is 15.7. The molecule has 2 aromatic rings. The lowest BCUT2D eigenvalue weighted by molar-refractivity contribution is -0.120. The van der Waals surface area contributed by atoms with Crippen molar-refractivity contribution in [3.63, 3.8) is 0 Å². The van der Waals surface area contributed by atoms with Crippen LogP contribution in [0.4, 0.5) is 0 Å². The quantitative estimate of drug-likeness (QED) is 0.765. The van der Waals surface area contributed by atoms with Gasteiger partial charge in [-0.2, -0.15) is 0 Å². The van der Waals surface area contributed by atoms with Gasteiger partial charge in [-0.25, -0.2) is 0 Å². The molecule has 0 radical (unpaired) electrons. The van der Waals surface area contributed by atoms with Crippen molar-refractivity contribution in [2.75, 3.05) is 0 Å². The third-order valence-corrected chi connectivity index (χ3v) is 5.11. The van der Waals surface area contributed by atoms with Crippen LogP contribution in [0.1, 0.15) is 12.0 Å². The van der Waals surface area contributed by atoms with Crippen molar-refractivity contribution >= 4 is 17.5 Å². The number of hydrogen-bond acceptors (Lipinski definition) is 4. The summed E-state index contributed by atoms with van der Waals surface area (Å²) in [6.07, 6.45) is 11.1. The van der Waals surface area contributed by atoms with Crippen molar-refractivity contribution in [1.82, 2.24) is 14.8 Å². The number of carbonyl (C=O) groups excluding carboxylic acids is 1. The van der Waals surface area contributed by atoms with Crippen molar-refractivity contribution in [3.8, 4) is 0 Å². The fourth-order valence-corrected chi connectivity index (χ4v) is 3.69. The summed E-state index contributed by atoms with van der Waals surface area (Å²) in [5, 5.41) is 8.63. The molecule has 118 valence electrons. The van der Waals surface area contributed by atoms with E-state index in [2.05, 4.69) is 28.4 Å². The van der Waals surface area contributed by atoms with Crippen LogP contribution < -0.4 is 0 Å². The predicted octanol–water partition coefficient (Wildman–Crippen LogP) is 3.22. The zero-order chi connectivity index (χ0) is 16.1. The molecule has 0 saturated carbocycles. The van der Waals surface area contributed by atoms with E-state index < -0.39 is 0 Å². The maximum absolute atomic E-state index is 13.0. The Balaban J connectivity index is 1.80. The number of ketones is 1. The molecule has 0 aliphatic heterocycles. The summed E-state index contributed by atoms with van der Waals surface area (Å²) in [4.78, 5) is 13.0. The van der Waals surface area contributed by atoms with E-state index in [1.807, 2.05) is 48.0 Å². The van der Waals surface area contributed by atoms with E-state index >= 15 is 0 Å². The summed E-state index contributed by atoms with van der Waals surface area (Å²) < 4.78 is 1.85. The van der Waals surface area contributed by atoms with Crippen LogP contribution >= 0.6 is 11.8 Å². The average Bonchev–Trinajstić information content (AvgIpc) is 3.00. The molecule has 5 heteroatoms. The van der Waals surface area contributed by atoms with E-state index in [1.165, 1.54) is 11.8 Å². The molecule has 2 unspecified atom stereocenters. The maximum Gasteiger partial charge on any atom is 0.191 e. The van der Waals surface area contributed by atoms with Gasteiger partial charge in [-0.3, -0.25) is 4.79 Å². The first-order valence-corrected chi connectivity index (χ1v) is 8.53. The molecule has 2 atom stereocenters. The van der Waals surface area contributed by atoms with Crippen LogP contribution in [0, 0.1) is 5.92 Å². The molecule has 0 amide bonds. The van der Waals surface area contributed by atoms with Crippen LogP contribution in [0.3, 0.4) is 0 Å². The van der Waals surface area contributed by atoms with Crippen molar-refractivity contribution in [3.05, 3.63) is 66.5 Å². The molecule has 0 N–H and O–H groups in total. The molecule has 0 bridgehead atoms. The van der Waals surface area contributed by atoms with E-state index in [4.69, 9.17) is 0 Å². The van der Waals surface area contributed by atoms with Gasteiger partial charge >= 0.3 is 0 Å². The molecule has 1 heterocycles. The molecule has 0 fully saturated rings. The molecular weight excluding hydrogens is 306 g/mol. The molecule has 0 spiro atoms. The summed E-state index contributed by atoms with van der Waals surface area (Å²) in [5.41, 5.74) is 1.16. The van der Waals surface area contributed by atoms with Gasteiger partial charge in [0.25, 0.3) is 0 Å². The molecule has 1 aromatic carbocycles. The minimum Gasteiger partial charge on any atom is -0.312 e. The number of thioether (sulfide) groups is 1. The van der Waals surface area contributed by atoms with Gasteiger partial charge in [-0.15, -0.1) is 10.2 Å². The molecule has 3 rings (SSSR count). The van der Waals surface area contributed by atoms with E-state index in [9.17, 15) is 4.79 Å². The Labute approximate surface area is 140 Å². The molecule has 1 aliphatic carbocycles. The van der Waals surface area contributed by atoms with E-state index in [-0.39, 0.29) is 17.0 Å². The van der Waals surface area contributed by atoms with Crippen LogP contribution in [-0.2, 0) is 18.3 Å². The lowest BCUT2D eigenvalue weighted by Gasteiger charge is -2.20. The first-order valence-electron chi connectivity index (χ1n) is 7.65. The number of hydrogen-bond donors (Lipinski definition) is 0. The van der Waals surface area contributed by atoms with Crippen LogP contribution in [-0.4, -0.2) is 25.8 Å². The van der Waals surface area contributed by atoms with Crippen molar-refractivity contribution in [2.24, 2.45) is 13.0 Å². The van der Waals surface area contributed by atoms with Gasteiger partial charge < -0.3 is 4.57 Å². The third-order valence-electron chi connectivity index (χ3n) is 3.84. The molecular formula is C18H19N3OS. The van der Waals surface area contributed by atoms with Crippen LogP contribution in [0.15, 0.2) is 66.1 Å². The number of benzene rings is 1. The summed E-state index contributed by atoms with van der Waals surface area (Å²) in [7, 11) is 1.90. The number of carbonyl (C=O) groups is 1. The largest absolute Gasteiger partial charge is 0.312 e. The number of aryl methyl sites for hydroxylation is 1. The maximum atomic E-state index is 13.0. The van der Waals surface area contributed by atoms with E-state index in [0.717, 1.165) is 17.1 Å². The predicted molar refractivity (Wildman–Crippen MR) is 92.2 cm³/mol. The van der Waals surface area contributed by atoms with Gasteiger partial charge in [-0.1, -0.05) is 66.4 Å². The fraction of sp³-hybridized carbons (Fsp3) is 0.278. The summed E-state index contributed by atoms with van der Waals surface area (Å²) in [5.74, 6) is 0.205. The highest BCUT2D eigenvalue weighted by molar-refractivity contribution is 8.00. The lowest BCUT2D eigenvalue weighted by atomic mass is 9.92. The smallest absolute Gasteiger partial charge is 0.191 e. The second-order valence-electron chi connectivity index (χ2n) is 5.58. The minimum absolute atomic E-state index is 0.0468. The number of rotatable bonds is 6. The summed E-state index contributed by atoms with van der Waals surface area (Å²) >= 11 is 1.50. The standard InChI is InChI=1S/C18H19N3OS/c1-21-13-19-20-18(21)23-16(12-14-8-4-2-5-9-14)17(22)15-10-6-3-7-11-15/h2-10,13,15-16H,11-12H2,1H3. The molecule has 1 aromatic heterocycles. The molecule has 4 nitrogen and oxygen atoms in total. The minimum atomic E-state index is -0.165. The molecule has 23 heavy (non-hydrogen) atoms. The number of aromatic nitrogens is 3. The zero-order valence-corrected chi connectivity index (χ0v) is 13.8. The third kappa shape index (κ3) is 3.99. The Bertz CT molecular complexity index is 721. The highest BCUT2D eigenvalue weighted by Gasteiger charge is 2.27. The Hall–Kier alpha value is -2.14. The second kappa shape index (κ2) is 7.42. The van der Waals surface area contributed by atoms with Gasteiger partial charge in [0, 0.05) is 13.0 Å². The highest BCUT2D eigenvalue weighted by Crippen LogP contribution is 2.28. The van der Waals surface area contributed by atoms with Crippen LogP contribution in [0.25, 0.3) is 0 Å². The normalized spacial score (nSPS) is 18.0. The van der Waals surface area contributed by atoms with Gasteiger partial charge in [-0.05, 0) is 18.4 Å². The number of allylic oxidation sites excluding steroid dienone is 4. The van der Waals surface area contributed by atoms with E-state index in [1.54, 1.807) is 6.33 Å². The van der Waals surface area contributed by atoms with Crippen molar-refractivity contribution < 1.29 is 4.79 Å². The van der Waals surface area contributed by atoms with Crippen molar-refractivity contribution in [1.29, 1.82) is 0 Å². The molecule has 0 saturated heterocycles. The first-order chi connectivity index (χ1) is 11.2. The Kier molecular flexibility index (Phi) is 5.08. The molecule has 1 aliphatic rings. The Morgan fingerprint density at radius 3 is 2.83 bits per heavy atom. The lowest BCUT2D eigenvalue weighted by Crippen LogP contribution is -2.27. The Morgan fingerprint density at radius 1 is 1.35 bits per heavy atom. The SMILES string of the molecule is Cn1cnnc1SC(Cc1ccccc1)C(=O)C1C=CC=CC1.